The molecule has 0 aliphatic carbocycles. The summed E-state index contributed by atoms with van der Waals surface area (Å²) in [6, 6.07) is 11.6. The second-order valence-corrected chi connectivity index (χ2v) is 8.31. The third-order valence-electron chi connectivity index (χ3n) is 6.12. The zero-order valence-corrected chi connectivity index (χ0v) is 19.2. The molecule has 2 fully saturated rings. The Bertz CT molecular complexity index is 1060. The van der Waals surface area contributed by atoms with E-state index in [0.29, 0.717) is 49.7 Å². The fraction of sp³-hybridized carbons (Fsp3) is 0.385. The van der Waals surface area contributed by atoms with Crippen molar-refractivity contribution in [3.8, 4) is 5.75 Å². The summed E-state index contributed by atoms with van der Waals surface area (Å²) in [5.74, 6) is -1.56. The number of carbonyl (C=O) groups excluding carboxylic acids is 2. The number of carbonyl (C=O) groups is 2. The van der Waals surface area contributed by atoms with Gasteiger partial charge in [0.25, 0.3) is 11.7 Å². The van der Waals surface area contributed by atoms with Crippen LogP contribution in [0, 0.1) is 5.82 Å². The number of ketones is 1. The van der Waals surface area contributed by atoms with Crippen LogP contribution < -0.4 is 4.74 Å². The van der Waals surface area contributed by atoms with E-state index in [4.69, 9.17) is 9.47 Å². The highest BCUT2D eigenvalue weighted by Gasteiger charge is 2.45. The summed E-state index contributed by atoms with van der Waals surface area (Å²) < 4.78 is 24.5. The second-order valence-electron chi connectivity index (χ2n) is 8.31. The van der Waals surface area contributed by atoms with E-state index in [9.17, 15) is 19.1 Å². The van der Waals surface area contributed by atoms with E-state index in [2.05, 4.69) is 4.90 Å². The zero-order valence-electron chi connectivity index (χ0n) is 19.2. The number of hydrogen-bond acceptors (Lipinski definition) is 6. The van der Waals surface area contributed by atoms with Crippen molar-refractivity contribution in [3.05, 3.63) is 71.0 Å². The van der Waals surface area contributed by atoms with E-state index >= 15 is 0 Å². The van der Waals surface area contributed by atoms with Crippen molar-refractivity contribution in [2.75, 3.05) is 46.0 Å². The van der Waals surface area contributed by atoms with Gasteiger partial charge in [0.1, 0.15) is 17.3 Å². The summed E-state index contributed by atoms with van der Waals surface area (Å²) in [7, 11) is 0. The molecule has 0 radical (unpaired) electrons. The highest BCUT2D eigenvalue weighted by molar-refractivity contribution is 6.46. The van der Waals surface area contributed by atoms with Crippen molar-refractivity contribution in [2.24, 2.45) is 0 Å². The number of Topliss-reactive ketones (excluding diaryl/α,β-unsaturated/α-hetero) is 1. The van der Waals surface area contributed by atoms with Crippen molar-refractivity contribution in [2.45, 2.75) is 19.4 Å². The first-order valence-corrected chi connectivity index (χ1v) is 11.6. The standard InChI is InChI=1S/C26H29FN2O5/c1-2-34-21-6-3-5-19(17-21)24(30)22-23(18-7-9-20(27)10-8-18)29(26(32)25(22)31)12-4-11-28-13-15-33-16-14-28/h3,5-10,17,23,30H,2,4,11-16H2,1H3. The number of aliphatic hydroxyl groups excluding tert-OH is 1. The topological polar surface area (TPSA) is 79.3 Å². The van der Waals surface area contributed by atoms with Crippen LogP contribution in [0.2, 0.25) is 0 Å². The highest BCUT2D eigenvalue weighted by Crippen LogP contribution is 2.39. The van der Waals surface area contributed by atoms with Gasteiger partial charge in [-0.3, -0.25) is 14.5 Å². The van der Waals surface area contributed by atoms with E-state index < -0.39 is 23.5 Å². The molecule has 2 saturated heterocycles. The van der Waals surface area contributed by atoms with Gasteiger partial charge >= 0.3 is 0 Å². The molecule has 1 unspecified atom stereocenters. The number of likely N-dealkylation sites (tertiary alicyclic amines) is 1. The molecule has 7 nitrogen and oxygen atoms in total. The Morgan fingerprint density at radius 1 is 1.12 bits per heavy atom. The van der Waals surface area contributed by atoms with E-state index in [1.165, 1.54) is 17.0 Å². The lowest BCUT2D eigenvalue weighted by Crippen LogP contribution is -2.38. The summed E-state index contributed by atoms with van der Waals surface area (Å²) in [6.45, 7) is 6.42. The maximum Gasteiger partial charge on any atom is 0.295 e. The van der Waals surface area contributed by atoms with Crippen LogP contribution in [0.15, 0.2) is 54.1 Å². The van der Waals surface area contributed by atoms with Gasteiger partial charge in [-0.15, -0.1) is 0 Å². The lowest BCUT2D eigenvalue weighted by molar-refractivity contribution is -0.140. The molecule has 1 N–H and O–H groups in total. The van der Waals surface area contributed by atoms with Crippen molar-refractivity contribution in [3.63, 3.8) is 0 Å². The third-order valence-corrected chi connectivity index (χ3v) is 6.12. The lowest BCUT2D eigenvalue weighted by atomic mass is 9.95. The first-order valence-electron chi connectivity index (χ1n) is 11.6. The first-order chi connectivity index (χ1) is 16.5. The molecule has 1 amide bonds. The number of aliphatic hydroxyl groups is 1. The van der Waals surface area contributed by atoms with E-state index in [1.807, 2.05) is 6.92 Å². The van der Waals surface area contributed by atoms with Crippen molar-refractivity contribution < 1.29 is 28.6 Å². The minimum Gasteiger partial charge on any atom is -0.507 e. The molecule has 0 bridgehead atoms. The third kappa shape index (κ3) is 5.13. The van der Waals surface area contributed by atoms with E-state index in [0.717, 1.165) is 19.6 Å². The zero-order chi connectivity index (χ0) is 24.1. The molecule has 0 spiro atoms. The average molecular weight is 469 g/mol. The fourth-order valence-electron chi connectivity index (χ4n) is 4.45. The average Bonchev–Trinajstić information content (AvgIpc) is 3.10. The molecule has 0 aromatic heterocycles. The molecule has 2 aliphatic rings. The lowest BCUT2D eigenvalue weighted by Gasteiger charge is -2.29. The molecule has 2 aromatic rings. The summed E-state index contributed by atoms with van der Waals surface area (Å²) in [5.41, 5.74) is 0.940. The second kappa shape index (κ2) is 10.8. The molecule has 8 heteroatoms. The minimum absolute atomic E-state index is 0.00312. The summed E-state index contributed by atoms with van der Waals surface area (Å²) in [6.07, 6.45) is 0.657. The van der Waals surface area contributed by atoms with Gasteiger partial charge < -0.3 is 19.5 Å². The molecule has 2 aromatic carbocycles. The monoisotopic (exact) mass is 468 g/mol. The van der Waals surface area contributed by atoms with Gasteiger partial charge in [-0.25, -0.2) is 4.39 Å². The molecular weight excluding hydrogens is 439 g/mol. The Morgan fingerprint density at radius 2 is 1.85 bits per heavy atom. The number of morpholine rings is 1. The van der Waals surface area contributed by atoms with Crippen molar-refractivity contribution in [1.82, 2.24) is 9.80 Å². The summed E-state index contributed by atoms with van der Waals surface area (Å²) in [4.78, 5) is 29.9. The maximum atomic E-state index is 13.6. The normalized spacial score (nSPS) is 20.6. The predicted octanol–water partition coefficient (Wildman–Crippen LogP) is 3.37. The quantitative estimate of drug-likeness (QED) is 0.364. The van der Waals surface area contributed by atoms with Crippen LogP contribution in [0.3, 0.4) is 0 Å². The number of nitrogens with zero attached hydrogens (tertiary/aromatic N) is 2. The van der Waals surface area contributed by atoms with Crippen LogP contribution in [-0.4, -0.2) is 72.6 Å². The van der Waals surface area contributed by atoms with Crippen LogP contribution in [0.4, 0.5) is 4.39 Å². The van der Waals surface area contributed by atoms with Crippen LogP contribution >= 0.6 is 0 Å². The van der Waals surface area contributed by atoms with Crippen LogP contribution in [0.5, 0.6) is 5.75 Å². The van der Waals surface area contributed by atoms with Gasteiger partial charge in [-0.05, 0) is 43.2 Å². The van der Waals surface area contributed by atoms with Crippen molar-refractivity contribution in [1.29, 1.82) is 0 Å². The number of ether oxygens (including phenoxy) is 2. The fourth-order valence-corrected chi connectivity index (χ4v) is 4.45. The maximum absolute atomic E-state index is 13.6. The van der Waals surface area contributed by atoms with Gasteiger partial charge in [0.2, 0.25) is 0 Å². The number of benzene rings is 2. The number of amides is 1. The molecule has 2 heterocycles. The molecule has 4 rings (SSSR count). The summed E-state index contributed by atoms with van der Waals surface area (Å²) in [5, 5.41) is 11.2. The largest absolute Gasteiger partial charge is 0.507 e. The number of halogens is 1. The molecule has 180 valence electrons. The number of rotatable bonds is 8. The van der Waals surface area contributed by atoms with Crippen LogP contribution in [0.1, 0.15) is 30.5 Å². The Morgan fingerprint density at radius 3 is 2.56 bits per heavy atom. The van der Waals surface area contributed by atoms with Crippen molar-refractivity contribution >= 4 is 17.4 Å². The molecule has 1 atom stereocenters. The highest BCUT2D eigenvalue weighted by atomic mass is 19.1. The summed E-state index contributed by atoms with van der Waals surface area (Å²) >= 11 is 0. The predicted molar refractivity (Wildman–Crippen MR) is 125 cm³/mol. The molecule has 2 aliphatic heterocycles. The van der Waals surface area contributed by atoms with E-state index in [-0.39, 0.29) is 11.3 Å². The first kappa shape index (κ1) is 23.9. The Hall–Kier alpha value is -3.23. The molecular formula is C26H29FN2O5. The molecule has 0 saturated carbocycles. The van der Waals surface area contributed by atoms with Crippen LogP contribution in [-0.2, 0) is 14.3 Å². The smallest absolute Gasteiger partial charge is 0.295 e. The van der Waals surface area contributed by atoms with Gasteiger partial charge in [-0.1, -0.05) is 24.3 Å². The van der Waals surface area contributed by atoms with Gasteiger partial charge in [0.15, 0.2) is 0 Å². The minimum atomic E-state index is -0.805. The SMILES string of the molecule is CCOc1cccc(C(O)=C2C(=O)C(=O)N(CCCN3CCOCC3)C2c2ccc(F)cc2)c1. The van der Waals surface area contributed by atoms with Crippen LogP contribution in [0.25, 0.3) is 5.76 Å². The van der Waals surface area contributed by atoms with E-state index in [1.54, 1.807) is 36.4 Å². The Labute approximate surface area is 198 Å². The molecule has 34 heavy (non-hydrogen) atoms. The Balaban J connectivity index is 1.67. The number of hydrogen-bond donors (Lipinski definition) is 1. The Kier molecular flexibility index (Phi) is 7.59. The van der Waals surface area contributed by atoms with Gasteiger partial charge in [0, 0.05) is 31.7 Å². The van der Waals surface area contributed by atoms with Gasteiger partial charge in [-0.2, -0.15) is 0 Å². The van der Waals surface area contributed by atoms with Gasteiger partial charge in [0.05, 0.1) is 31.4 Å².